The molecule has 0 radical (unpaired) electrons. The van der Waals surface area contributed by atoms with Crippen molar-refractivity contribution in [2.45, 2.75) is 38.6 Å². The Kier molecular flexibility index (Phi) is 6.89. The lowest BCUT2D eigenvalue weighted by molar-refractivity contribution is 0.636. The standard InChI is InChI=1S/C12H20BrN3S/c1-4-6-14-12-15-7-10(13)11(16-12)17-8-9(3)5-2/h7,9H,4-6,8H2,1-3H3,(H,14,15,16). The second-order valence-corrected chi connectivity index (χ2v) is 5.96. The Morgan fingerprint density at radius 2 is 2.24 bits per heavy atom. The van der Waals surface area contributed by atoms with E-state index in [0.29, 0.717) is 5.92 Å². The average molecular weight is 318 g/mol. The zero-order valence-electron chi connectivity index (χ0n) is 10.7. The maximum absolute atomic E-state index is 4.51. The molecule has 1 aromatic heterocycles. The number of hydrogen-bond acceptors (Lipinski definition) is 4. The van der Waals surface area contributed by atoms with Crippen molar-refractivity contribution in [2.75, 3.05) is 17.6 Å². The maximum atomic E-state index is 4.51. The zero-order chi connectivity index (χ0) is 12.7. The van der Waals surface area contributed by atoms with Gasteiger partial charge in [0.05, 0.1) is 4.47 Å². The van der Waals surface area contributed by atoms with Gasteiger partial charge in [-0.3, -0.25) is 0 Å². The molecule has 1 atom stereocenters. The number of halogens is 1. The molecule has 0 fully saturated rings. The molecule has 5 heteroatoms. The predicted molar refractivity (Wildman–Crippen MR) is 78.7 cm³/mol. The van der Waals surface area contributed by atoms with Crippen molar-refractivity contribution in [2.24, 2.45) is 5.92 Å². The molecule has 17 heavy (non-hydrogen) atoms. The van der Waals surface area contributed by atoms with Crippen molar-refractivity contribution in [1.29, 1.82) is 0 Å². The first kappa shape index (κ1) is 14.8. The molecule has 0 amide bonds. The van der Waals surface area contributed by atoms with Crippen molar-refractivity contribution in [3.8, 4) is 0 Å². The molecule has 1 aromatic rings. The fraction of sp³-hybridized carbons (Fsp3) is 0.667. The van der Waals surface area contributed by atoms with Crippen LogP contribution < -0.4 is 5.32 Å². The molecule has 1 rings (SSSR count). The largest absolute Gasteiger partial charge is 0.354 e. The number of nitrogens with one attached hydrogen (secondary N) is 1. The Balaban J connectivity index is 2.62. The Hall–Kier alpha value is -0.290. The van der Waals surface area contributed by atoms with Gasteiger partial charge in [-0.1, -0.05) is 27.2 Å². The minimum atomic E-state index is 0.717. The van der Waals surface area contributed by atoms with E-state index in [4.69, 9.17) is 0 Å². The van der Waals surface area contributed by atoms with Crippen molar-refractivity contribution < 1.29 is 0 Å². The molecule has 1 N–H and O–H groups in total. The maximum Gasteiger partial charge on any atom is 0.223 e. The van der Waals surface area contributed by atoms with Crippen LogP contribution >= 0.6 is 27.7 Å². The molecule has 0 saturated carbocycles. The van der Waals surface area contributed by atoms with E-state index in [2.05, 4.69) is 52.0 Å². The van der Waals surface area contributed by atoms with Crippen LogP contribution in [-0.2, 0) is 0 Å². The minimum absolute atomic E-state index is 0.717. The number of rotatable bonds is 7. The Bertz CT molecular complexity index is 347. The SMILES string of the molecule is CCCNc1ncc(Br)c(SCC(C)CC)n1. The minimum Gasteiger partial charge on any atom is -0.354 e. The quantitative estimate of drug-likeness (QED) is 0.604. The highest BCUT2D eigenvalue weighted by atomic mass is 79.9. The highest BCUT2D eigenvalue weighted by Gasteiger charge is 2.07. The second-order valence-electron chi connectivity index (χ2n) is 4.10. The highest BCUT2D eigenvalue weighted by Crippen LogP contribution is 2.27. The van der Waals surface area contributed by atoms with Crippen LogP contribution in [0.1, 0.15) is 33.6 Å². The zero-order valence-corrected chi connectivity index (χ0v) is 13.1. The van der Waals surface area contributed by atoms with E-state index in [1.165, 1.54) is 6.42 Å². The lowest BCUT2D eigenvalue weighted by Gasteiger charge is -2.09. The molecular weight excluding hydrogens is 298 g/mol. The van der Waals surface area contributed by atoms with E-state index < -0.39 is 0 Å². The molecule has 0 aliphatic carbocycles. The van der Waals surface area contributed by atoms with Gasteiger partial charge in [0.1, 0.15) is 5.03 Å². The van der Waals surface area contributed by atoms with Gasteiger partial charge in [0, 0.05) is 18.5 Å². The molecular formula is C12H20BrN3S. The van der Waals surface area contributed by atoms with E-state index in [1.54, 1.807) is 11.8 Å². The van der Waals surface area contributed by atoms with Gasteiger partial charge in [0.25, 0.3) is 0 Å². The van der Waals surface area contributed by atoms with Crippen LogP contribution in [0.4, 0.5) is 5.95 Å². The fourth-order valence-electron chi connectivity index (χ4n) is 1.11. The van der Waals surface area contributed by atoms with Gasteiger partial charge in [0.2, 0.25) is 5.95 Å². The first-order chi connectivity index (χ1) is 8.17. The Labute approximate surface area is 116 Å². The summed E-state index contributed by atoms with van der Waals surface area (Å²) < 4.78 is 0.979. The summed E-state index contributed by atoms with van der Waals surface area (Å²) in [6.07, 6.45) is 4.11. The molecule has 1 heterocycles. The molecule has 0 aromatic carbocycles. The van der Waals surface area contributed by atoms with E-state index in [0.717, 1.165) is 34.2 Å². The molecule has 0 bridgehead atoms. The van der Waals surface area contributed by atoms with Crippen LogP contribution in [0.25, 0.3) is 0 Å². The van der Waals surface area contributed by atoms with Crippen LogP contribution in [0, 0.1) is 5.92 Å². The lowest BCUT2D eigenvalue weighted by atomic mass is 10.2. The number of hydrogen-bond donors (Lipinski definition) is 1. The fourth-order valence-corrected chi connectivity index (χ4v) is 2.67. The third-order valence-electron chi connectivity index (χ3n) is 2.45. The van der Waals surface area contributed by atoms with Crippen LogP contribution in [0.15, 0.2) is 15.7 Å². The Morgan fingerprint density at radius 3 is 2.88 bits per heavy atom. The van der Waals surface area contributed by atoms with Crippen LogP contribution in [-0.4, -0.2) is 22.3 Å². The lowest BCUT2D eigenvalue weighted by Crippen LogP contribution is -2.05. The van der Waals surface area contributed by atoms with Gasteiger partial charge >= 0.3 is 0 Å². The third-order valence-corrected chi connectivity index (χ3v) is 4.61. The van der Waals surface area contributed by atoms with E-state index in [9.17, 15) is 0 Å². The first-order valence-corrected chi connectivity index (χ1v) is 7.84. The van der Waals surface area contributed by atoms with E-state index in [-0.39, 0.29) is 0 Å². The molecule has 0 aliphatic rings. The first-order valence-electron chi connectivity index (χ1n) is 6.06. The van der Waals surface area contributed by atoms with Gasteiger partial charge in [0.15, 0.2) is 0 Å². The third kappa shape index (κ3) is 5.25. The van der Waals surface area contributed by atoms with Gasteiger partial charge in [-0.2, -0.15) is 0 Å². The molecule has 0 spiro atoms. The molecule has 0 aliphatic heterocycles. The predicted octanol–water partition coefficient (Wildman–Crippen LogP) is 4.20. The smallest absolute Gasteiger partial charge is 0.223 e. The number of thioether (sulfide) groups is 1. The molecule has 0 saturated heterocycles. The normalized spacial score (nSPS) is 12.5. The summed E-state index contributed by atoms with van der Waals surface area (Å²) in [5.74, 6) is 2.54. The average Bonchev–Trinajstić information content (AvgIpc) is 2.35. The van der Waals surface area contributed by atoms with Gasteiger partial charge in [-0.15, -0.1) is 11.8 Å². The van der Waals surface area contributed by atoms with Crippen LogP contribution in [0.2, 0.25) is 0 Å². The highest BCUT2D eigenvalue weighted by molar-refractivity contribution is 9.10. The summed E-state index contributed by atoms with van der Waals surface area (Å²) in [5, 5.41) is 4.23. The molecule has 3 nitrogen and oxygen atoms in total. The number of aromatic nitrogens is 2. The van der Waals surface area contributed by atoms with Crippen molar-refractivity contribution in [1.82, 2.24) is 9.97 Å². The van der Waals surface area contributed by atoms with Crippen LogP contribution in [0.5, 0.6) is 0 Å². The molecule has 96 valence electrons. The van der Waals surface area contributed by atoms with Crippen LogP contribution in [0.3, 0.4) is 0 Å². The van der Waals surface area contributed by atoms with Gasteiger partial charge in [-0.05, 0) is 28.3 Å². The number of nitrogens with zero attached hydrogens (tertiary/aromatic N) is 2. The Morgan fingerprint density at radius 1 is 1.47 bits per heavy atom. The van der Waals surface area contributed by atoms with E-state index >= 15 is 0 Å². The summed E-state index contributed by atoms with van der Waals surface area (Å²) >= 11 is 5.29. The van der Waals surface area contributed by atoms with Gasteiger partial charge < -0.3 is 5.32 Å². The van der Waals surface area contributed by atoms with Crippen molar-refractivity contribution in [3.63, 3.8) is 0 Å². The summed E-state index contributed by atoms with van der Waals surface area (Å²) in [6.45, 7) is 7.52. The summed E-state index contributed by atoms with van der Waals surface area (Å²) in [4.78, 5) is 8.75. The summed E-state index contributed by atoms with van der Waals surface area (Å²) in [6, 6.07) is 0. The second kappa shape index (κ2) is 7.93. The van der Waals surface area contributed by atoms with Gasteiger partial charge in [-0.25, -0.2) is 9.97 Å². The number of anilines is 1. The summed E-state index contributed by atoms with van der Waals surface area (Å²) in [5.41, 5.74) is 0. The monoisotopic (exact) mass is 317 g/mol. The van der Waals surface area contributed by atoms with E-state index in [1.807, 2.05) is 6.20 Å². The van der Waals surface area contributed by atoms with Crippen molar-refractivity contribution in [3.05, 3.63) is 10.7 Å². The molecule has 1 unspecified atom stereocenters. The summed E-state index contributed by atoms with van der Waals surface area (Å²) in [7, 11) is 0. The van der Waals surface area contributed by atoms with Crippen molar-refractivity contribution >= 4 is 33.6 Å². The topological polar surface area (TPSA) is 37.8 Å².